The number of halogens is 1. The third-order valence-corrected chi connectivity index (χ3v) is 3.87. The van der Waals surface area contributed by atoms with Gasteiger partial charge in [-0.1, -0.05) is 13.0 Å². The van der Waals surface area contributed by atoms with E-state index in [9.17, 15) is 9.59 Å². The van der Waals surface area contributed by atoms with Crippen LogP contribution < -0.4 is 15.5 Å². The molecule has 0 unspecified atom stereocenters. The molecule has 6 nitrogen and oxygen atoms in total. The van der Waals surface area contributed by atoms with Gasteiger partial charge in [0.1, 0.15) is 5.75 Å². The fraction of sp³-hybridized carbons (Fsp3) is 0.471. The second-order valence-electron chi connectivity index (χ2n) is 5.66. The third kappa shape index (κ3) is 7.59. The van der Waals surface area contributed by atoms with Gasteiger partial charge < -0.3 is 10.1 Å². The lowest BCUT2D eigenvalue weighted by atomic mass is 10.2. The van der Waals surface area contributed by atoms with Crippen molar-refractivity contribution in [2.45, 2.75) is 46.6 Å². The molecule has 0 fully saturated rings. The predicted octanol–water partition coefficient (Wildman–Crippen LogP) is 2.93. The van der Waals surface area contributed by atoms with Crippen LogP contribution in [-0.4, -0.2) is 30.2 Å². The van der Waals surface area contributed by atoms with E-state index in [0.29, 0.717) is 11.5 Å². The fourth-order valence-electron chi connectivity index (χ4n) is 1.76. The summed E-state index contributed by atoms with van der Waals surface area (Å²) in [6.45, 7) is 7.44. The molecule has 0 heterocycles. The van der Waals surface area contributed by atoms with Crippen LogP contribution >= 0.6 is 15.9 Å². The van der Waals surface area contributed by atoms with Gasteiger partial charge in [0.2, 0.25) is 5.91 Å². The molecule has 1 aromatic rings. The number of aryl methyl sites for hydroxylation is 1. The molecule has 0 saturated heterocycles. The number of carbonyl (C=O) groups excluding carboxylic acids is 2. The molecule has 0 aliphatic rings. The number of benzene rings is 1. The number of hydrogen-bond acceptors (Lipinski definition) is 4. The zero-order valence-electron chi connectivity index (χ0n) is 14.5. The summed E-state index contributed by atoms with van der Waals surface area (Å²) in [5.41, 5.74) is 4.01. The standard InChI is InChI=1S/C17H24BrN3O3/c1-5-12(3)19-16(22)9-13(4)20-21-17(23)10-24-15-7-6-11(2)8-14(15)18/h6-8,12H,5,9-10H2,1-4H3,(H,19,22)(H,21,23)/b20-13-/t12-/m0/s1. The van der Waals surface area contributed by atoms with Crippen molar-refractivity contribution in [2.24, 2.45) is 5.10 Å². The zero-order valence-corrected chi connectivity index (χ0v) is 16.1. The quantitative estimate of drug-likeness (QED) is 0.522. The van der Waals surface area contributed by atoms with Crippen molar-refractivity contribution >= 4 is 33.5 Å². The molecule has 132 valence electrons. The summed E-state index contributed by atoms with van der Waals surface area (Å²) in [6, 6.07) is 5.73. The van der Waals surface area contributed by atoms with Crippen molar-refractivity contribution in [3.8, 4) is 5.75 Å². The summed E-state index contributed by atoms with van der Waals surface area (Å²) in [6.07, 6.45) is 1.01. The van der Waals surface area contributed by atoms with Gasteiger partial charge in [-0.25, -0.2) is 5.43 Å². The van der Waals surface area contributed by atoms with Gasteiger partial charge in [-0.15, -0.1) is 0 Å². The molecular formula is C17H24BrN3O3. The summed E-state index contributed by atoms with van der Waals surface area (Å²) in [4.78, 5) is 23.5. The minimum absolute atomic E-state index is 0.111. The second kappa shape index (κ2) is 10.1. The lowest BCUT2D eigenvalue weighted by molar-refractivity contribution is -0.123. The van der Waals surface area contributed by atoms with Crippen molar-refractivity contribution in [2.75, 3.05) is 6.61 Å². The molecule has 0 aliphatic heterocycles. The van der Waals surface area contributed by atoms with Crippen LogP contribution in [0.2, 0.25) is 0 Å². The van der Waals surface area contributed by atoms with E-state index >= 15 is 0 Å². The zero-order chi connectivity index (χ0) is 18.1. The van der Waals surface area contributed by atoms with Crippen molar-refractivity contribution in [1.29, 1.82) is 0 Å². The van der Waals surface area contributed by atoms with Gasteiger partial charge in [-0.05, 0) is 60.8 Å². The van der Waals surface area contributed by atoms with Crippen LogP contribution in [0.15, 0.2) is 27.8 Å². The maximum atomic E-state index is 11.7. The summed E-state index contributed by atoms with van der Waals surface area (Å²) in [7, 11) is 0. The number of carbonyl (C=O) groups is 2. The summed E-state index contributed by atoms with van der Waals surface area (Å²) in [5.74, 6) is 0.0910. The Morgan fingerprint density at radius 3 is 2.67 bits per heavy atom. The molecule has 2 amide bonds. The number of ether oxygens (including phenoxy) is 1. The van der Waals surface area contributed by atoms with E-state index in [4.69, 9.17) is 4.74 Å². The Hall–Kier alpha value is -1.89. The van der Waals surface area contributed by atoms with Gasteiger partial charge in [0.05, 0.1) is 10.9 Å². The predicted molar refractivity (Wildman–Crippen MR) is 98.1 cm³/mol. The largest absolute Gasteiger partial charge is 0.483 e. The van der Waals surface area contributed by atoms with E-state index in [1.165, 1.54) is 0 Å². The first-order valence-corrected chi connectivity index (χ1v) is 8.61. The van der Waals surface area contributed by atoms with E-state index < -0.39 is 0 Å². The Bertz CT molecular complexity index is 617. The van der Waals surface area contributed by atoms with Crippen LogP contribution in [0.4, 0.5) is 0 Å². The molecule has 2 N–H and O–H groups in total. The number of rotatable bonds is 8. The van der Waals surface area contributed by atoms with E-state index in [2.05, 4.69) is 31.8 Å². The van der Waals surface area contributed by atoms with E-state index in [0.717, 1.165) is 16.5 Å². The topological polar surface area (TPSA) is 79.8 Å². The van der Waals surface area contributed by atoms with Gasteiger partial charge in [-0.3, -0.25) is 9.59 Å². The Balaban J connectivity index is 2.40. The Labute approximate surface area is 151 Å². The molecule has 0 saturated carbocycles. The van der Waals surface area contributed by atoms with Gasteiger partial charge in [0, 0.05) is 11.8 Å². The van der Waals surface area contributed by atoms with Crippen molar-refractivity contribution in [3.63, 3.8) is 0 Å². The highest BCUT2D eigenvalue weighted by Crippen LogP contribution is 2.25. The SMILES string of the molecule is CC[C@H](C)NC(=O)C/C(C)=N\NC(=O)COc1ccc(C)cc1Br. The van der Waals surface area contributed by atoms with Crippen molar-refractivity contribution in [1.82, 2.24) is 10.7 Å². The molecule has 0 aliphatic carbocycles. The lowest BCUT2D eigenvalue weighted by Crippen LogP contribution is -2.33. The van der Waals surface area contributed by atoms with Crippen LogP contribution in [0.3, 0.4) is 0 Å². The molecule has 7 heteroatoms. The van der Waals surface area contributed by atoms with E-state index in [-0.39, 0.29) is 30.9 Å². The maximum Gasteiger partial charge on any atom is 0.277 e. The monoisotopic (exact) mass is 397 g/mol. The van der Waals surface area contributed by atoms with Crippen LogP contribution in [-0.2, 0) is 9.59 Å². The highest BCUT2D eigenvalue weighted by molar-refractivity contribution is 9.10. The average molecular weight is 398 g/mol. The fourth-order valence-corrected chi connectivity index (χ4v) is 2.36. The van der Waals surface area contributed by atoms with Crippen LogP contribution in [0.1, 0.15) is 39.2 Å². The third-order valence-electron chi connectivity index (χ3n) is 3.25. The molecule has 0 aromatic heterocycles. The Morgan fingerprint density at radius 1 is 1.33 bits per heavy atom. The first-order valence-electron chi connectivity index (χ1n) is 7.82. The number of hydrogen-bond donors (Lipinski definition) is 2. The smallest absolute Gasteiger partial charge is 0.277 e. The lowest BCUT2D eigenvalue weighted by Gasteiger charge is -2.11. The van der Waals surface area contributed by atoms with Gasteiger partial charge in [0.25, 0.3) is 5.91 Å². The van der Waals surface area contributed by atoms with Gasteiger partial charge >= 0.3 is 0 Å². The number of nitrogens with one attached hydrogen (secondary N) is 2. The van der Waals surface area contributed by atoms with Crippen LogP contribution in [0.5, 0.6) is 5.75 Å². The number of nitrogens with zero attached hydrogens (tertiary/aromatic N) is 1. The molecule has 0 spiro atoms. The Morgan fingerprint density at radius 2 is 2.04 bits per heavy atom. The Kier molecular flexibility index (Phi) is 8.46. The summed E-state index contributed by atoms with van der Waals surface area (Å²) < 4.78 is 6.22. The van der Waals surface area contributed by atoms with E-state index in [1.807, 2.05) is 32.9 Å². The molecule has 24 heavy (non-hydrogen) atoms. The minimum Gasteiger partial charge on any atom is -0.483 e. The van der Waals surface area contributed by atoms with E-state index in [1.54, 1.807) is 13.0 Å². The van der Waals surface area contributed by atoms with Gasteiger partial charge in [0.15, 0.2) is 6.61 Å². The van der Waals surface area contributed by atoms with Crippen molar-refractivity contribution in [3.05, 3.63) is 28.2 Å². The first-order chi connectivity index (χ1) is 11.3. The highest BCUT2D eigenvalue weighted by Gasteiger charge is 2.08. The van der Waals surface area contributed by atoms with Crippen LogP contribution in [0.25, 0.3) is 0 Å². The van der Waals surface area contributed by atoms with Crippen LogP contribution in [0, 0.1) is 6.92 Å². The maximum absolute atomic E-state index is 11.7. The van der Waals surface area contributed by atoms with Gasteiger partial charge in [-0.2, -0.15) is 5.10 Å². The minimum atomic E-state index is -0.385. The molecule has 1 atom stereocenters. The second-order valence-corrected chi connectivity index (χ2v) is 6.51. The average Bonchev–Trinajstić information content (AvgIpc) is 2.51. The summed E-state index contributed by atoms with van der Waals surface area (Å²) in [5, 5.41) is 6.75. The molecule has 0 radical (unpaired) electrons. The molecule has 1 aromatic carbocycles. The summed E-state index contributed by atoms with van der Waals surface area (Å²) >= 11 is 3.38. The number of hydrazone groups is 1. The molecular weight excluding hydrogens is 374 g/mol. The number of amides is 2. The normalized spacial score (nSPS) is 12.5. The van der Waals surface area contributed by atoms with Crippen molar-refractivity contribution < 1.29 is 14.3 Å². The molecule has 0 bridgehead atoms. The first kappa shape index (κ1) is 20.2. The highest BCUT2D eigenvalue weighted by atomic mass is 79.9. The molecule has 1 rings (SSSR count).